The fourth-order valence-electron chi connectivity index (χ4n) is 1.68. The second-order valence-electron chi connectivity index (χ2n) is 3.97. The molecule has 0 spiro atoms. The summed E-state index contributed by atoms with van der Waals surface area (Å²) in [6, 6.07) is 15.7. The molecule has 2 rings (SSSR count). The molecule has 0 fully saturated rings. The van der Waals surface area contributed by atoms with Gasteiger partial charge in [-0.05, 0) is 52.7 Å². The van der Waals surface area contributed by atoms with Gasteiger partial charge in [-0.15, -0.1) is 0 Å². The molecule has 0 saturated carbocycles. The van der Waals surface area contributed by atoms with Crippen molar-refractivity contribution in [2.24, 2.45) is 0 Å². The van der Waals surface area contributed by atoms with Crippen molar-refractivity contribution >= 4 is 15.9 Å². The molecule has 2 aromatic rings. The second-order valence-corrected chi connectivity index (χ2v) is 4.80. The molecular weight excluding hydrogens is 292 g/mol. The van der Waals surface area contributed by atoms with Gasteiger partial charge >= 0.3 is 0 Å². The van der Waals surface area contributed by atoms with E-state index in [-0.39, 0.29) is 5.01 Å². The van der Waals surface area contributed by atoms with Crippen molar-refractivity contribution in [2.45, 2.75) is 11.9 Å². The van der Waals surface area contributed by atoms with Crippen LogP contribution < -0.4 is 9.47 Å². The first-order chi connectivity index (χ1) is 8.70. The predicted molar refractivity (Wildman–Crippen MR) is 76.5 cm³/mol. The lowest BCUT2D eigenvalue weighted by atomic mass is 10.1. The van der Waals surface area contributed by atoms with Crippen LogP contribution in [0.25, 0.3) is 0 Å². The lowest BCUT2D eigenvalue weighted by Crippen LogP contribution is -2.01. The van der Waals surface area contributed by atoms with Crippen LogP contribution in [0.3, 0.4) is 0 Å². The van der Waals surface area contributed by atoms with Gasteiger partial charge in [-0.25, -0.2) is 0 Å². The maximum absolute atomic E-state index is 5.84. The smallest absolute Gasteiger partial charge is 0.178 e. The van der Waals surface area contributed by atoms with E-state index in [2.05, 4.69) is 35.0 Å². The van der Waals surface area contributed by atoms with Gasteiger partial charge in [0.05, 0.1) is 7.11 Å². The highest BCUT2D eigenvalue weighted by Gasteiger charge is 2.11. The summed E-state index contributed by atoms with van der Waals surface area (Å²) in [7, 11) is 1.65. The van der Waals surface area contributed by atoms with E-state index in [1.807, 2.05) is 36.4 Å². The van der Waals surface area contributed by atoms with E-state index < -0.39 is 0 Å². The minimum atomic E-state index is -0.146. The highest BCUT2D eigenvalue weighted by Crippen LogP contribution is 2.29. The lowest BCUT2D eigenvalue weighted by molar-refractivity contribution is 0.300. The topological polar surface area (TPSA) is 18.5 Å². The van der Waals surface area contributed by atoms with Gasteiger partial charge in [-0.3, -0.25) is 0 Å². The van der Waals surface area contributed by atoms with Crippen LogP contribution in [-0.4, -0.2) is 7.11 Å². The number of alkyl halides is 1. The predicted octanol–water partition coefficient (Wildman–Crippen LogP) is 4.48. The third kappa shape index (κ3) is 3.05. The molecule has 0 N–H and O–H groups in total. The molecule has 2 nitrogen and oxygen atoms in total. The van der Waals surface area contributed by atoms with Crippen LogP contribution in [0, 0.1) is 6.92 Å². The zero-order valence-corrected chi connectivity index (χ0v) is 12.0. The maximum atomic E-state index is 5.84. The Kier molecular flexibility index (Phi) is 4.26. The van der Waals surface area contributed by atoms with Gasteiger partial charge in [0.25, 0.3) is 0 Å². The second kappa shape index (κ2) is 5.91. The van der Waals surface area contributed by atoms with E-state index >= 15 is 0 Å². The summed E-state index contributed by atoms with van der Waals surface area (Å²) in [5, 5.41) is -0.146. The molecule has 0 aromatic heterocycles. The fraction of sp³-hybridized carbons (Fsp3) is 0.200. The first-order valence-electron chi connectivity index (χ1n) is 5.71. The molecule has 0 aliphatic heterocycles. The quantitative estimate of drug-likeness (QED) is 0.776. The van der Waals surface area contributed by atoms with E-state index in [0.29, 0.717) is 0 Å². The molecule has 94 valence electrons. The number of benzene rings is 2. The lowest BCUT2D eigenvalue weighted by Gasteiger charge is -2.15. The fourth-order valence-corrected chi connectivity index (χ4v) is 2.41. The van der Waals surface area contributed by atoms with Crippen LogP contribution in [0.4, 0.5) is 0 Å². The van der Waals surface area contributed by atoms with Crippen molar-refractivity contribution in [3.63, 3.8) is 0 Å². The van der Waals surface area contributed by atoms with Crippen molar-refractivity contribution < 1.29 is 9.47 Å². The summed E-state index contributed by atoms with van der Waals surface area (Å²) in [4.78, 5) is 0. The van der Waals surface area contributed by atoms with E-state index in [9.17, 15) is 0 Å². The van der Waals surface area contributed by atoms with Gasteiger partial charge in [0, 0.05) is 5.56 Å². The molecule has 0 radical (unpaired) electrons. The minimum Gasteiger partial charge on any atom is -0.497 e. The monoisotopic (exact) mass is 306 g/mol. The first kappa shape index (κ1) is 13.0. The number of rotatable bonds is 4. The molecule has 18 heavy (non-hydrogen) atoms. The van der Waals surface area contributed by atoms with Gasteiger partial charge in [0.1, 0.15) is 11.5 Å². The van der Waals surface area contributed by atoms with Gasteiger partial charge in [0.15, 0.2) is 5.01 Å². The zero-order chi connectivity index (χ0) is 13.0. The Labute approximate surface area is 116 Å². The van der Waals surface area contributed by atoms with Crippen molar-refractivity contribution in [3.8, 4) is 11.5 Å². The first-order valence-corrected chi connectivity index (χ1v) is 6.62. The van der Waals surface area contributed by atoms with Crippen LogP contribution in [0.15, 0.2) is 48.5 Å². The van der Waals surface area contributed by atoms with Crippen LogP contribution in [0.1, 0.15) is 16.1 Å². The Morgan fingerprint density at radius 3 is 2.17 bits per heavy atom. The summed E-state index contributed by atoms with van der Waals surface area (Å²) in [6.45, 7) is 2.07. The molecule has 0 amide bonds. The molecule has 0 heterocycles. The molecule has 2 aromatic carbocycles. The molecule has 0 saturated heterocycles. The summed E-state index contributed by atoms with van der Waals surface area (Å²) >= 11 is 3.56. The Bertz CT molecular complexity index is 508. The average molecular weight is 307 g/mol. The van der Waals surface area contributed by atoms with Gasteiger partial charge in [-0.2, -0.15) is 0 Å². The highest BCUT2D eigenvalue weighted by molar-refractivity contribution is 9.09. The van der Waals surface area contributed by atoms with Crippen molar-refractivity contribution in [3.05, 3.63) is 59.7 Å². The van der Waals surface area contributed by atoms with Crippen LogP contribution in [-0.2, 0) is 0 Å². The summed E-state index contributed by atoms with van der Waals surface area (Å²) < 4.78 is 11.0. The third-order valence-electron chi connectivity index (χ3n) is 2.73. The van der Waals surface area contributed by atoms with E-state index in [4.69, 9.17) is 9.47 Å². The Morgan fingerprint density at radius 2 is 1.56 bits per heavy atom. The van der Waals surface area contributed by atoms with Crippen molar-refractivity contribution in [2.75, 3.05) is 7.11 Å². The number of ether oxygens (including phenoxy) is 2. The molecule has 0 bridgehead atoms. The standard InChI is InChI=1S/C15H15BrO2/c1-11-5-3-4-6-14(11)15(16)18-13-9-7-12(17-2)8-10-13/h3-10,15H,1-2H3. The highest BCUT2D eigenvalue weighted by atomic mass is 79.9. The number of hydrogen-bond acceptors (Lipinski definition) is 2. The third-order valence-corrected chi connectivity index (χ3v) is 3.41. The Morgan fingerprint density at radius 1 is 0.944 bits per heavy atom. The molecule has 0 aliphatic rings. The number of aryl methyl sites for hydroxylation is 1. The molecule has 1 atom stereocenters. The van der Waals surface area contributed by atoms with Crippen LogP contribution in [0.5, 0.6) is 11.5 Å². The Hall–Kier alpha value is -1.48. The minimum absolute atomic E-state index is 0.146. The van der Waals surface area contributed by atoms with E-state index in [0.717, 1.165) is 17.1 Å². The van der Waals surface area contributed by atoms with Gasteiger partial charge in [-0.1, -0.05) is 24.3 Å². The summed E-state index contributed by atoms with van der Waals surface area (Å²) in [5.74, 6) is 1.63. The summed E-state index contributed by atoms with van der Waals surface area (Å²) in [6.07, 6.45) is 0. The average Bonchev–Trinajstić information content (AvgIpc) is 2.40. The molecule has 1 unspecified atom stereocenters. The van der Waals surface area contributed by atoms with E-state index in [1.165, 1.54) is 5.56 Å². The number of hydrogen-bond donors (Lipinski definition) is 0. The summed E-state index contributed by atoms with van der Waals surface area (Å²) in [5.41, 5.74) is 2.33. The van der Waals surface area contributed by atoms with Gasteiger partial charge in [0.2, 0.25) is 0 Å². The van der Waals surface area contributed by atoms with Crippen molar-refractivity contribution in [1.29, 1.82) is 0 Å². The van der Waals surface area contributed by atoms with Crippen molar-refractivity contribution in [1.82, 2.24) is 0 Å². The maximum Gasteiger partial charge on any atom is 0.178 e. The number of halogens is 1. The van der Waals surface area contributed by atoms with E-state index in [1.54, 1.807) is 7.11 Å². The number of methoxy groups -OCH3 is 1. The normalized spacial score (nSPS) is 11.9. The molecule has 3 heteroatoms. The molecule has 0 aliphatic carbocycles. The SMILES string of the molecule is COc1ccc(OC(Br)c2ccccc2C)cc1. The van der Waals surface area contributed by atoms with Crippen LogP contribution in [0.2, 0.25) is 0 Å². The van der Waals surface area contributed by atoms with Gasteiger partial charge < -0.3 is 9.47 Å². The zero-order valence-electron chi connectivity index (χ0n) is 10.4. The molecular formula is C15H15BrO2. The Balaban J connectivity index is 2.11. The van der Waals surface area contributed by atoms with Crippen LogP contribution >= 0.6 is 15.9 Å². The largest absolute Gasteiger partial charge is 0.497 e.